The highest BCUT2D eigenvalue weighted by Crippen LogP contribution is 2.24. The summed E-state index contributed by atoms with van der Waals surface area (Å²) in [5, 5.41) is 6.27. The summed E-state index contributed by atoms with van der Waals surface area (Å²) in [4.78, 5) is 27.7. The second-order valence-corrected chi connectivity index (χ2v) is 7.32. The summed E-state index contributed by atoms with van der Waals surface area (Å²) in [5.41, 5.74) is 3.12. The van der Waals surface area contributed by atoms with Crippen molar-refractivity contribution in [1.29, 1.82) is 0 Å². The standard InChI is InChI=1S/C22H25N3O3.ClH/c1-28-18-9-4-8-17(13-18)24-21(26)20-10-5-11-25(20)22(27)19-12-15-6-2-3-7-16(15)14-23-19;/h2-4,6-9,13,19-20,23H,5,10-12,14H2,1H3,(H,24,26);1H/t19-,20-;/m0./s1. The van der Waals surface area contributed by atoms with E-state index in [-0.39, 0.29) is 30.3 Å². The third kappa shape index (κ3) is 4.54. The van der Waals surface area contributed by atoms with Crippen LogP contribution in [0.2, 0.25) is 0 Å². The Morgan fingerprint density at radius 3 is 2.72 bits per heavy atom. The zero-order chi connectivity index (χ0) is 19.5. The molecular formula is C22H26ClN3O3. The summed E-state index contributed by atoms with van der Waals surface area (Å²) in [7, 11) is 1.59. The molecule has 154 valence electrons. The molecule has 2 amide bonds. The Labute approximate surface area is 177 Å². The summed E-state index contributed by atoms with van der Waals surface area (Å²) in [5.74, 6) is 0.551. The molecule has 0 radical (unpaired) electrons. The van der Waals surface area contributed by atoms with Gasteiger partial charge in [0, 0.05) is 24.8 Å². The maximum Gasteiger partial charge on any atom is 0.247 e. The van der Waals surface area contributed by atoms with E-state index in [1.807, 2.05) is 30.3 Å². The molecule has 2 heterocycles. The van der Waals surface area contributed by atoms with Crippen molar-refractivity contribution >= 4 is 29.9 Å². The van der Waals surface area contributed by atoms with E-state index in [1.54, 1.807) is 18.1 Å². The smallest absolute Gasteiger partial charge is 0.247 e. The molecule has 2 aromatic carbocycles. The second kappa shape index (κ2) is 9.29. The molecule has 0 bridgehead atoms. The minimum atomic E-state index is -0.433. The number of carbonyl (C=O) groups is 2. The van der Waals surface area contributed by atoms with Gasteiger partial charge in [0.1, 0.15) is 11.8 Å². The molecule has 2 atom stereocenters. The summed E-state index contributed by atoms with van der Waals surface area (Å²) < 4.78 is 5.21. The van der Waals surface area contributed by atoms with Crippen LogP contribution in [0.15, 0.2) is 48.5 Å². The van der Waals surface area contributed by atoms with Gasteiger partial charge in [-0.3, -0.25) is 9.59 Å². The minimum Gasteiger partial charge on any atom is -0.497 e. The van der Waals surface area contributed by atoms with Gasteiger partial charge >= 0.3 is 0 Å². The fourth-order valence-corrected chi connectivity index (χ4v) is 4.06. The van der Waals surface area contributed by atoms with Crippen LogP contribution < -0.4 is 15.4 Å². The lowest BCUT2D eigenvalue weighted by Crippen LogP contribution is -2.53. The van der Waals surface area contributed by atoms with Crippen LogP contribution in [0.5, 0.6) is 5.75 Å². The molecule has 0 saturated carbocycles. The van der Waals surface area contributed by atoms with Crippen LogP contribution in [0.1, 0.15) is 24.0 Å². The summed E-state index contributed by atoms with van der Waals surface area (Å²) in [6.07, 6.45) is 2.19. The highest BCUT2D eigenvalue weighted by molar-refractivity contribution is 5.98. The number of rotatable bonds is 4. The normalized spacial score (nSPS) is 20.4. The molecule has 1 fully saturated rings. The van der Waals surface area contributed by atoms with Crippen molar-refractivity contribution < 1.29 is 14.3 Å². The Morgan fingerprint density at radius 1 is 1.14 bits per heavy atom. The first-order valence-corrected chi connectivity index (χ1v) is 9.71. The number of hydrogen-bond acceptors (Lipinski definition) is 4. The Morgan fingerprint density at radius 2 is 1.93 bits per heavy atom. The van der Waals surface area contributed by atoms with Crippen molar-refractivity contribution in [3.05, 3.63) is 59.7 Å². The van der Waals surface area contributed by atoms with Gasteiger partial charge in [-0.15, -0.1) is 12.4 Å². The maximum absolute atomic E-state index is 13.1. The molecule has 1 saturated heterocycles. The summed E-state index contributed by atoms with van der Waals surface area (Å²) in [6.45, 7) is 1.30. The third-order valence-corrected chi connectivity index (χ3v) is 5.56. The monoisotopic (exact) mass is 415 g/mol. The molecule has 0 spiro atoms. The molecule has 0 aliphatic carbocycles. The van der Waals surface area contributed by atoms with Gasteiger partial charge in [0.2, 0.25) is 11.8 Å². The predicted octanol–water partition coefficient (Wildman–Crippen LogP) is 2.76. The predicted molar refractivity (Wildman–Crippen MR) is 114 cm³/mol. The van der Waals surface area contributed by atoms with Gasteiger partial charge in [0.05, 0.1) is 13.2 Å². The van der Waals surface area contributed by atoms with E-state index < -0.39 is 6.04 Å². The summed E-state index contributed by atoms with van der Waals surface area (Å²) >= 11 is 0. The number of halogens is 1. The largest absolute Gasteiger partial charge is 0.497 e. The molecule has 2 aromatic rings. The molecule has 0 unspecified atom stereocenters. The van der Waals surface area contributed by atoms with E-state index >= 15 is 0 Å². The number of fused-ring (bicyclic) bond motifs is 1. The van der Waals surface area contributed by atoms with Crippen LogP contribution in [0, 0.1) is 0 Å². The molecule has 0 aromatic heterocycles. The lowest BCUT2D eigenvalue weighted by molar-refractivity contribution is -0.138. The lowest BCUT2D eigenvalue weighted by Gasteiger charge is -2.31. The van der Waals surface area contributed by atoms with Gasteiger partial charge in [-0.1, -0.05) is 30.3 Å². The van der Waals surface area contributed by atoms with Crippen LogP contribution in [-0.2, 0) is 22.6 Å². The Kier molecular flexibility index (Phi) is 6.77. The molecule has 2 aliphatic rings. The van der Waals surface area contributed by atoms with Gasteiger partial charge in [-0.05, 0) is 42.5 Å². The van der Waals surface area contributed by atoms with E-state index in [4.69, 9.17) is 4.74 Å². The first kappa shape index (κ1) is 21.1. The zero-order valence-corrected chi connectivity index (χ0v) is 17.2. The van der Waals surface area contributed by atoms with Gasteiger partial charge in [-0.25, -0.2) is 0 Å². The Balaban J connectivity index is 0.00000240. The highest BCUT2D eigenvalue weighted by Gasteiger charge is 2.38. The van der Waals surface area contributed by atoms with Crippen molar-refractivity contribution in [2.45, 2.75) is 37.9 Å². The van der Waals surface area contributed by atoms with Crippen LogP contribution in [-0.4, -0.2) is 42.5 Å². The van der Waals surface area contributed by atoms with Crippen LogP contribution >= 0.6 is 12.4 Å². The molecule has 2 aliphatic heterocycles. The molecule has 29 heavy (non-hydrogen) atoms. The molecular weight excluding hydrogens is 390 g/mol. The Bertz CT molecular complexity index is 889. The average Bonchev–Trinajstić information content (AvgIpc) is 3.23. The van der Waals surface area contributed by atoms with Gasteiger partial charge < -0.3 is 20.3 Å². The first-order valence-electron chi connectivity index (χ1n) is 9.71. The number of methoxy groups -OCH3 is 1. The molecule has 2 N–H and O–H groups in total. The quantitative estimate of drug-likeness (QED) is 0.805. The van der Waals surface area contributed by atoms with E-state index in [2.05, 4.69) is 22.8 Å². The van der Waals surface area contributed by atoms with E-state index in [9.17, 15) is 9.59 Å². The zero-order valence-electron chi connectivity index (χ0n) is 16.4. The molecule has 4 rings (SSSR count). The lowest BCUT2D eigenvalue weighted by atomic mass is 9.95. The third-order valence-electron chi connectivity index (χ3n) is 5.56. The molecule has 6 nitrogen and oxygen atoms in total. The second-order valence-electron chi connectivity index (χ2n) is 7.32. The Hall–Kier alpha value is -2.57. The minimum absolute atomic E-state index is 0. The number of likely N-dealkylation sites (tertiary alicyclic amines) is 1. The number of nitrogens with zero attached hydrogens (tertiary/aromatic N) is 1. The average molecular weight is 416 g/mol. The number of anilines is 1. The topological polar surface area (TPSA) is 70.7 Å². The fraction of sp³-hybridized carbons (Fsp3) is 0.364. The van der Waals surface area contributed by atoms with Gasteiger partial charge in [0.25, 0.3) is 0 Å². The van der Waals surface area contributed by atoms with Crippen LogP contribution in [0.3, 0.4) is 0 Å². The highest BCUT2D eigenvalue weighted by atomic mass is 35.5. The van der Waals surface area contributed by atoms with Crippen molar-refractivity contribution in [1.82, 2.24) is 10.2 Å². The number of carbonyl (C=O) groups excluding carboxylic acids is 2. The van der Waals surface area contributed by atoms with Gasteiger partial charge in [-0.2, -0.15) is 0 Å². The van der Waals surface area contributed by atoms with Gasteiger partial charge in [0.15, 0.2) is 0 Å². The van der Waals surface area contributed by atoms with E-state index in [0.717, 1.165) is 6.42 Å². The van der Waals surface area contributed by atoms with Crippen molar-refractivity contribution in [3.8, 4) is 5.75 Å². The molecule has 7 heteroatoms. The van der Waals surface area contributed by atoms with Crippen LogP contribution in [0.25, 0.3) is 0 Å². The van der Waals surface area contributed by atoms with Crippen LogP contribution in [0.4, 0.5) is 5.69 Å². The van der Waals surface area contributed by atoms with Crippen molar-refractivity contribution in [2.24, 2.45) is 0 Å². The van der Waals surface area contributed by atoms with E-state index in [0.29, 0.717) is 37.4 Å². The summed E-state index contributed by atoms with van der Waals surface area (Å²) in [6, 6.07) is 14.7. The number of amides is 2. The van der Waals surface area contributed by atoms with Crippen molar-refractivity contribution in [2.75, 3.05) is 19.0 Å². The number of nitrogens with one attached hydrogen (secondary N) is 2. The number of benzene rings is 2. The number of ether oxygens (including phenoxy) is 1. The van der Waals surface area contributed by atoms with Crippen molar-refractivity contribution in [3.63, 3.8) is 0 Å². The SMILES string of the molecule is COc1cccc(NC(=O)[C@@H]2CCCN2C(=O)[C@@H]2Cc3ccccc3CN2)c1.Cl. The fourth-order valence-electron chi connectivity index (χ4n) is 4.06. The van der Waals surface area contributed by atoms with E-state index in [1.165, 1.54) is 11.1 Å². The number of hydrogen-bond donors (Lipinski definition) is 2. The first-order chi connectivity index (χ1) is 13.7. The maximum atomic E-state index is 13.1.